The molecule has 0 bridgehead atoms. The smallest absolute Gasteiger partial charge is 0.238 e. The Morgan fingerprint density at radius 1 is 1.30 bits per heavy atom. The van der Waals surface area contributed by atoms with Gasteiger partial charge in [-0.1, -0.05) is 0 Å². The first-order valence-electron chi connectivity index (χ1n) is 7.64. The maximum Gasteiger partial charge on any atom is 0.238 e. The molecule has 118 valence electrons. The Kier molecular flexibility index (Phi) is 3.34. The van der Waals surface area contributed by atoms with Crippen LogP contribution in [0.4, 0.5) is 11.8 Å². The van der Waals surface area contributed by atoms with Crippen molar-refractivity contribution in [1.82, 2.24) is 15.0 Å². The summed E-state index contributed by atoms with van der Waals surface area (Å²) in [5.74, 6) is 1.27. The average Bonchev–Trinajstić information content (AvgIpc) is 3.13. The second kappa shape index (κ2) is 5.51. The third kappa shape index (κ3) is 2.59. The number of fused-ring (bicyclic) bond motifs is 1. The minimum atomic E-state index is -0.241. The summed E-state index contributed by atoms with van der Waals surface area (Å²) in [6.07, 6.45) is 6.44. The van der Waals surface area contributed by atoms with Crippen LogP contribution in [0.1, 0.15) is 24.1 Å². The highest BCUT2D eigenvalue weighted by atomic mass is 16.3. The van der Waals surface area contributed by atoms with Crippen LogP contribution in [0, 0.1) is 0 Å². The molecule has 0 spiro atoms. The van der Waals surface area contributed by atoms with Crippen LogP contribution in [0.5, 0.6) is 5.88 Å². The number of H-pyrrole nitrogens is 1. The summed E-state index contributed by atoms with van der Waals surface area (Å²) in [7, 11) is 0. The molecular formula is C16H17N5O2. The van der Waals surface area contributed by atoms with Crippen molar-refractivity contribution in [2.45, 2.75) is 18.9 Å². The van der Waals surface area contributed by atoms with E-state index in [0.29, 0.717) is 30.3 Å². The normalized spacial score (nSPS) is 19.5. The molecule has 0 amide bonds. The van der Waals surface area contributed by atoms with E-state index in [1.54, 1.807) is 12.4 Å². The number of aliphatic hydroxyl groups excluding tert-OH is 1. The van der Waals surface area contributed by atoms with Crippen LogP contribution in [0.25, 0.3) is 11.6 Å². The molecule has 1 fully saturated rings. The molecule has 1 saturated heterocycles. The van der Waals surface area contributed by atoms with Crippen LogP contribution in [-0.2, 0) is 0 Å². The second-order valence-corrected chi connectivity index (χ2v) is 5.75. The summed E-state index contributed by atoms with van der Waals surface area (Å²) in [6, 6.07) is 3.81. The number of imidazole rings is 1. The highest BCUT2D eigenvalue weighted by molar-refractivity contribution is 6.20. The van der Waals surface area contributed by atoms with Crippen LogP contribution < -0.4 is 4.90 Å². The van der Waals surface area contributed by atoms with Crippen molar-refractivity contribution >= 4 is 29.6 Å². The number of nitrogens with zero attached hydrogens (tertiary/aromatic N) is 4. The molecule has 0 aliphatic carbocycles. The molecule has 23 heavy (non-hydrogen) atoms. The zero-order chi connectivity index (χ0) is 15.8. The minimum absolute atomic E-state index is 0.0376. The number of aromatic amines is 1. The number of aliphatic hydroxyl groups is 1. The van der Waals surface area contributed by atoms with Gasteiger partial charge in [-0.25, -0.2) is 9.98 Å². The SMILES string of the molecule is Oc1nc(N2CCC(O)CC2)[nH]c1C=C1C=Nc2ncccc21. The van der Waals surface area contributed by atoms with Gasteiger partial charge in [0.05, 0.1) is 6.10 Å². The van der Waals surface area contributed by atoms with E-state index in [1.807, 2.05) is 23.1 Å². The zero-order valence-corrected chi connectivity index (χ0v) is 12.5. The first-order valence-corrected chi connectivity index (χ1v) is 7.64. The third-order valence-corrected chi connectivity index (χ3v) is 4.19. The topological polar surface area (TPSA) is 97.6 Å². The average molecular weight is 311 g/mol. The highest BCUT2D eigenvalue weighted by Gasteiger charge is 2.21. The van der Waals surface area contributed by atoms with E-state index in [-0.39, 0.29) is 12.0 Å². The number of hydrogen-bond acceptors (Lipinski definition) is 6. The van der Waals surface area contributed by atoms with Crippen molar-refractivity contribution in [3.8, 4) is 5.88 Å². The predicted molar refractivity (Wildman–Crippen MR) is 88.0 cm³/mol. The number of rotatable bonds is 2. The summed E-state index contributed by atoms with van der Waals surface area (Å²) in [5.41, 5.74) is 2.36. The summed E-state index contributed by atoms with van der Waals surface area (Å²) in [4.78, 5) is 17.8. The van der Waals surface area contributed by atoms with Gasteiger partial charge in [-0.05, 0) is 31.1 Å². The van der Waals surface area contributed by atoms with Crippen molar-refractivity contribution in [3.63, 3.8) is 0 Å². The van der Waals surface area contributed by atoms with E-state index in [2.05, 4.69) is 19.9 Å². The number of aromatic hydroxyl groups is 1. The number of nitrogens with one attached hydrogen (secondary N) is 1. The Labute approximate surface area is 133 Å². The number of aliphatic imine (C=N–C) groups is 1. The lowest BCUT2D eigenvalue weighted by Gasteiger charge is -2.28. The van der Waals surface area contributed by atoms with E-state index < -0.39 is 0 Å². The Balaban J connectivity index is 1.61. The zero-order valence-electron chi connectivity index (χ0n) is 12.5. The quantitative estimate of drug-likeness (QED) is 0.784. The molecule has 2 aliphatic rings. The van der Waals surface area contributed by atoms with Crippen LogP contribution in [0.2, 0.25) is 0 Å². The molecule has 0 saturated carbocycles. The van der Waals surface area contributed by atoms with Crippen LogP contribution in [0.3, 0.4) is 0 Å². The minimum Gasteiger partial charge on any atom is -0.492 e. The molecule has 3 N–H and O–H groups in total. The molecule has 7 nitrogen and oxygen atoms in total. The van der Waals surface area contributed by atoms with Crippen molar-refractivity contribution in [2.75, 3.05) is 18.0 Å². The van der Waals surface area contributed by atoms with E-state index in [9.17, 15) is 10.2 Å². The third-order valence-electron chi connectivity index (χ3n) is 4.19. The number of aromatic nitrogens is 3. The van der Waals surface area contributed by atoms with Gasteiger partial charge in [-0.2, -0.15) is 4.98 Å². The molecule has 2 aromatic heterocycles. The fourth-order valence-electron chi connectivity index (χ4n) is 2.89. The summed E-state index contributed by atoms with van der Waals surface area (Å²) >= 11 is 0. The Morgan fingerprint density at radius 3 is 2.96 bits per heavy atom. The number of pyridine rings is 1. The molecule has 0 atom stereocenters. The predicted octanol–water partition coefficient (Wildman–Crippen LogP) is 1.73. The van der Waals surface area contributed by atoms with Gasteiger partial charge in [-0.15, -0.1) is 0 Å². The number of anilines is 1. The molecule has 0 radical (unpaired) electrons. The first kappa shape index (κ1) is 14.0. The summed E-state index contributed by atoms with van der Waals surface area (Å²) in [5, 5.41) is 19.7. The molecule has 4 rings (SSSR count). The van der Waals surface area contributed by atoms with Crippen LogP contribution >= 0.6 is 0 Å². The molecule has 2 aliphatic heterocycles. The lowest BCUT2D eigenvalue weighted by atomic mass is 10.1. The Bertz CT molecular complexity index is 788. The second-order valence-electron chi connectivity index (χ2n) is 5.75. The standard InChI is InChI=1S/C16H17N5O2/c22-11-3-6-21(7-4-11)16-19-13(15(23)20-16)8-10-9-18-14-12(10)2-1-5-17-14/h1-2,5,8-9,11,22-23H,3-4,6-7H2,(H,19,20). The molecule has 4 heterocycles. The maximum atomic E-state index is 10.1. The van der Waals surface area contributed by atoms with E-state index >= 15 is 0 Å². The molecule has 0 aromatic carbocycles. The molecule has 0 unspecified atom stereocenters. The lowest BCUT2D eigenvalue weighted by Crippen LogP contribution is -2.36. The number of allylic oxidation sites excluding steroid dienone is 1. The van der Waals surface area contributed by atoms with Crippen molar-refractivity contribution in [1.29, 1.82) is 0 Å². The summed E-state index contributed by atoms with van der Waals surface area (Å²) < 4.78 is 0. The van der Waals surface area contributed by atoms with Crippen molar-refractivity contribution < 1.29 is 10.2 Å². The first-order chi connectivity index (χ1) is 11.2. The van der Waals surface area contributed by atoms with Gasteiger partial charge in [-0.3, -0.25) is 0 Å². The molecule has 2 aromatic rings. The van der Waals surface area contributed by atoms with Crippen LogP contribution in [-0.4, -0.2) is 50.6 Å². The van der Waals surface area contributed by atoms with Gasteiger partial charge in [0.2, 0.25) is 11.8 Å². The van der Waals surface area contributed by atoms with E-state index in [0.717, 1.165) is 24.2 Å². The highest BCUT2D eigenvalue weighted by Crippen LogP contribution is 2.32. The van der Waals surface area contributed by atoms with E-state index in [1.165, 1.54) is 0 Å². The number of hydrogen-bond donors (Lipinski definition) is 3. The van der Waals surface area contributed by atoms with E-state index in [4.69, 9.17) is 0 Å². The monoisotopic (exact) mass is 311 g/mol. The lowest BCUT2D eigenvalue weighted by molar-refractivity contribution is 0.145. The molecular weight excluding hydrogens is 294 g/mol. The van der Waals surface area contributed by atoms with Gasteiger partial charge < -0.3 is 20.1 Å². The van der Waals surface area contributed by atoms with Gasteiger partial charge in [0.1, 0.15) is 5.69 Å². The largest absolute Gasteiger partial charge is 0.492 e. The maximum absolute atomic E-state index is 10.1. The van der Waals surface area contributed by atoms with Gasteiger partial charge in [0.15, 0.2) is 5.82 Å². The molecule has 7 heteroatoms. The Morgan fingerprint density at radius 2 is 2.13 bits per heavy atom. The Hall–Kier alpha value is -2.67. The van der Waals surface area contributed by atoms with Gasteiger partial charge in [0, 0.05) is 36.6 Å². The number of piperidine rings is 1. The summed E-state index contributed by atoms with van der Waals surface area (Å²) in [6.45, 7) is 1.44. The fourth-order valence-corrected chi connectivity index (χ4v) is 2.89. The van der Waals surface area contributed by atoms with Crippen molar-refractivity contribution in [3.05, 3.63) is 29.6 Å². The van der Waals surface area contributed by atoms with Crippen molar-refractivity contribution in [2.24, 2.45) is 4.99 Å². The fraction of sp³-hybridized carbons (Fsp3) is 0.312. The van der Waals surface area contributed by atoms with Gasteiger partial charge in [0.25, 0.3) is 0 Å². The van der Waals surface area contributed by atoms with Crippen LogP contribution in [0.15, 0.2) is 23.3 Å². The van der Waals surface area contributed by atoms with Gasteiger partial charge >= 0.3 is 0 Å².